The number of nitrogens with two attached hydrogens (primary N) is 1. The molecule has 0 fully saturated rings. The standard InChI is InChI=1S/C17H18N4/c1-12-8-13(2)10-15(9-12)21-17(16(11-18)19-20-21)14-6-4-3-5-7-14/h3-10H,11,18H2,1-2H3. The van der Waals surface area contributed by atoms with Crippen LogP contribution in [0.5, 0.6) is 0 Å². The number of aryl methyl sites for hydroxylation is 2. The highest BCUT2D eigenvalue weighted by Gasteiger charge is 2.15. The number of nitrogens with zero attached hydrogens (tertiary/aromatic N) is 3. The van der Waals surface area contributed by atoms with Crippen molar-refractivity contribution < 1.29 is 0 Å². The van der Waals surface area contributed by atoms with Gasteiger partial charge in [-0.05, 0) is 37.1 Å². The third-order valence-electron chi connectivity index (χ3n) is 3.43. The van der Waals surface area contributed by atoms with Gasteiger partial charge in [0.2, 0.25) is 0 Å². The molecule has 2 aromatic carbocycles. The molecule has 0 saturated heterocycles. The maximum atomic E-state index is 5.82. The van der Waals surface area contributed by atoms with Crippen LogP contribution in [0.4, 0.5) is 0 Å². The van der Waals surface area contributed by atoms with E-state index in [1.807, 2.05) is 22.9 Å². The Labute approximate surface area is 124 Å². The first-order valence-electron chi connectivity index (χ1n) is 6.98. The van der Waals surface area contributed by atoms with E-state index in [4.69, 9.17) is 5.73 Å². The predicted molar refractivity (Wildman–Crippen MR) is 84.2 cm³/mol. The van der Waals surface area contributed by atoms with Gasteiger partial charge in [-0.15, -0.1) is 5.10 Å². The number of hydrogen-bond donors (Lipinski definition) is 1. The maximum Gasteiger partial charge on any atom is 0.105 e. The zero-order chi connectivity index (χ0) is 14.8. The van der Waals surface area contributed by atoms with E-state index in [1.165, 1.54) is 11.1 Å². The van der Waals surface area contributed by atoms with Gasteiger partial charge < -0.3 is 5.73 Å². The number of aromatic nitrogens is 3. The van der Waals surface area contributed by atoms with Crippen LogP contribution >= 0.6 is 0 Å². The molecule has 4 nitrogen and oxygen atoms in total. The van der Waals surface area contributed by atoms with E-state index >= 15 is 0 Å². The predicted octanol–water partition coefficient (Wildman–Crippen LogP) is 3.01. The van der Waals surface area contributed by atoms with Crippen molar-refractivity contribution in [3.63, 3.8) is 0 Å². The SMILES string of the molecule is Cc1cc(C)cc(-n2nnc(CN)c2-c2ccccc2)c1. The minimum absolute atomic E-state index is 0.370. The number of rotatable bonds is 3. The zero-order valence-corrected chi connectivity index (χ0v) is 12.2. The molecule has 21 heavy (non-hydrogen) atoms. The highest BCUT2D eigenvalue weighted by atomic mass is 15.4. The summed E-state index contributed by atoms with van der Waals surface area (Å²) in [5, 5.41) is 8.54. The van der Waals surface area contributed by atoms with Crippen LogP contribution < -0.4 is 5.73 Å². The molecule has 0 aliphatic rings. The van der Waals surface area contributed by atoms with Gasteiger partial charge in [0.25, 0.3) is 0 Å². The Kier molecular flexibility index (Phi) is 3.54. The van der Waals surface area contributed by atoms with Gasteiger partial charge in [0.05, 0.1) is 11.4 Å². The third kappa shape index (κ3) is 2.58. The molecule has 106 valence electrons. The topological polar surface area (TPSA) is 56.7 Å². The zero-order valence-electron chi connectivity index (χ0n) is 12.2. The molecule has 3 aromatic rings. The molecule has 0 bridgehead atoms. The van der Waals surface area contributed by atoms with E-state index in [2.05, 4.69) is 54.5 Å². The first-order chi connectivity index (χ1) is 10.2. The van der Waals surface area contributed by atoms with E-state index in [1.54, 1.807) is 0 Å². The normalized spacial score (nSPS) is 10.8. The Morgan fingerprint density at radius 2 is 1.67 bits per heavy atom. The van der Waals surface area contributed by atoms with Crippen LogP contribution in [0, 0.1) is 13.8 Å². The lowest BCUT2D eigenvalue weighted by Crippen LogP contribution is -2.03. The van der Waals surface area contributed by atoms with E-state index in [0.717, 1.165) is 22.6 Å². The van der Waals surface area contributed by atoms with E-state index in [-0.39, 0.29) is 0 Å². The lowest BCUT2D eigenvalue weighted by Gasteiger charge is -2.09. The minimum atomic E-state index is 0.370. The van der Waals surface area contributed by atoms with Crippen LogP contribution in [0.15, 0.2) is 48.5 Å². The van der Waals surface area contributed by atoms with Crippen molar-refractivity contribution in [3.8, 4) is 16.9 Å². The van der Waals surface area contributed by atoms with Crippen LogP contribution in [0.2, 0.25) is 0 Å². The molecule has 1 aromatic heterocycles. The number of benzene rings is 2. The molecular weight excluding hydrogens is 260 g/mol. The molecule has 0 spiro atoms. The molecule has 3 rings (SSSR count). The lowest BCUT2D eigenvalue weighted by atomic mass is 10.1. The van der Waals surface area contributed by atoms with Crippen LogP contribution in [0.25, 0.3) is 16.9 Å². The second kappa shape index (κ2) is 5.50. The third-order valence-corrected chi connectivity index (χ3v) is 3.43. The summed E-state index contributed by atoms with van der Waals surface area (Å²) >= 11 is 0. The highest BCUT2D eigenvalue weighted by molar-refractivity contribution is 5.64. The second-order valence-corrected chi connectivity index (χ2v) is 5.21. The smallest absolute Gasteiger partial charge is 0.105 e. The van der Waals surface area contributed by atoms with Gasteiger partial charge >= 0.3 is 0 Å². The molecule has 0 amide bonds. The van der Waals surface area contributed by atoms with Gasteiger partial charge in [0.15, 0.2) is 0 Å². The first kappa shape index (κ1) is 13.5. The van der Waals surface area contributed by atoms with E-state index in [0.29, 0.717) is 6.54 Å². The Morgan fingerprint density at radius 1 is 1.00 bits per heavy atom. The molecule has 0 unspecified atom stereocenters. The van der Waals surface area contributed by atoms with Crippen LogP contribution in [0.1, 0.15) is 16.8 Å². The van der Waals surface area contributed by atoms with Gasteiger partial charge in [-0.3, -0.25) is 0 Å². The summed E-state index contributed by atoms with van der Waals surface area (Å²) in [6.07, 6.45) is 0. The van der Waals surface area contributed by atoms with Crippen LogP contribution in [-0.4, -0.2) is 15.0 Å². The summed E-state index contributed by atoms with van der Waals surface area (Å²) in [7, 11) is 0. The minimum Gasteiger partial charge on any atom is -0.325 e. The van der Waals surface area contributed by atoms with Crippen LogP contribution in [-0.2, 0) is 6.54 Å². The fraction of sp³-hybridized carbons (Fsp3) is 0.176. The van der Waals surface area contributed by atoms with Crippen molar-refractivity contribution in [2.75, 3.05) is 0 Å². The summed E-state index contributed by atoms with van der Waals surface area (Å²) in [5.41, 5.74) is 12.1. The summed E-state index contributed by atoms with van der Waals surface area (Å²) in [4.78, 5) is 0. The fourth-order valence-corrected chi connectivity index (χ4v) is 2.59. The van der Waals surface area contributed by atoms with Crippen molar-refractivity contribution in [3.05, 3.63) is 65.4 Å². The molecule has 4 heteroatoms. The van der Waals surface area contributed by atoms with Crippen molar-refractivity contribution in [2.24, 2.45) is 5.73 Å². The Bertz CT molecular complexity index is 739. The number of hydrogen-bond acceptors (Lipinski definition) is 3. The quantitative estimate of drug-likeness (QED) is 0.801. The first-order valence-corrected chi connectivity index (χ1v) is 6.98. The largest absolute Gasteiger partial charge is 0.325 e. The van der Waals surface area contributed by atoms with Gasteiger partial charge in [0.1, 0.15) is 5.69 Å². The molecule has 0 aliphatic carbocycles. The summed E-state index contributed by atoms with van der Waals surface area (Å²) < 4.78 is 1.87. The summed E-state index contributed by atoms with van der Waals surface area (Å²) in [5.74, 6) is 0. The Hall–Kier alpha value is -2.46. The van der Waals surface area contributed by atoms with E-state index < -0.39 is 0 Å². The molecule has 2 N–H and O–H groups in total. The highest BCUT2D eigenvalue weighted by Crippen LogP contribution is 2.25. The van der Waals surface area contributed by atoms with Gasteiger partial charge in [0, 0.05) is 12.1 Å². The van der Waals surface area contributed by atoms with Gasteiger partial charge in [-0.2, -0.15) is 0 Å². The van der Waals surface area contributed by atoms with Crippen LogP contribution in [0.3, 0.4) is 0 Å². The monoisotopic (exact) mass is 278 g/mol. The molecular formula is C17H18N4. The van der Waals surface area contributed by atoms with Crippen molar-refractivity contribution in [1.29, 1.82) is 0 Å². The van der Waals surface area contributed by atoms with Crippen molar-refractivity contribution in [1.82, 2.24) is 15.0 Å². The molecule has 1 heterocycles. The Morgan fingerprint density at radius 3 is 2.29 bits per heavy atom. The van der Waals surface area contributed by atoms with Gasteiger partial charge in [-0.25, -0.2) is 4.68 Å². The average molecular weight is 278 g/mol. The lowest BCUT2D eigenvalue weighted by molar-refractivity contribution is 0.798. The molecule has 0 saturated carbocycles. The molecule has 0 atom stereocenters. The maximum absolute atomic E-state index is 5.82. The van der Waals surface area contributed by atoms with Crippen molar-refractivity contribution >= 4 is 0 Å². The molecule has 0 aliphatic heterocycles. The summed E-state index contributed by atoms with van der Waals surface area (Å²) in [6, 6.07) is 16.5. The van der Waals surface area contributed by atoms with Crippen molar-refractivity contribution in [2.45, 2.75) is 20.4 Å². The summed E-state index contributed by atoms with van der Waals surface area (Å²) in [6.45, 7) is 4.54. The van der Waals surface area contributed by atoms with Gasteiger partial charge in [-0.1, -0.05) is 41.6 Å². The second-order valence-electron chi connectivity index (χ2n) is 5.21. The fourth-order valence-electron chi connectivity index (χ4n) is 2.59. The Balaban J connectivity index is 2.22. The van der Waals surface area contributed by atoms with E-state index in [9.17, 15) is 0 Å². The molecule has 0 radical (unpaired) electrons. The average Bonchev–Trinajstić information content (AvgIpc) is 2.91.